The van der Waals surface area contributed by atoms with Crippen molar-refractivity contribution >= 4 is 34.1 Å². The zero-order chi connectivity index (χ0) is 26.8. The van der Waals surface area contributed by atoms with Gasteiger partial charge in [-0.25, -0.2) is 4.39 Å². The quantitative estimate of drug-likeness (QED) is 0.233. The summed E-state index contributed by atoms with van der Waals surface area (Å²) in [5.74, 6) is -0.677. The largest absolute Gasteiger partial charge is 0.361 e. The molecule has 1 saturated heterocycles. The maximum atomic E-state index is 13.5. The van der Waals surface area contributed by atoms with Crippen molar-refractivity contribution < 1.29 is 9.18 Å². The van der Waals surface area contributed by atoms with Gasteiger partial charge in [0.15, 0.2) is 0 Å². The Morgan fingerprint density at radius 3 is 2.46 bits per heavy atom. The number of rotatable bonds is 7. The van der Waals surface area contributed by atoms with Crippen molar-refractivity contribution in [2.75, 3.05) is 25.0 Å². The molecule has 202 valence electrons. The van der Waals surface area contributed by atoms with E-state index in [2.05, 4.69) is 69.0 Å². The Balaban J connectivity index is 1.20. The Labute approximate surface area is 233 Å². The Morgan fingerprint density at radius 1 is 0.974 bits per heavy atom. The molecular formula is C32H34ClFN4O. The Morgan fingerprint density at radius 2 is 1.72 bits per heavy atom. The van der Waals surface area contributed by atoms with Crippen LogP contribution in [0.2, 0.25) is 5.02 Å². The van der Waals surface area contributed by atoms with Crippen molar-refractivity contribution in [3.8, 4) is 11.1 Å². The SMILES string of the molecule is O=C(CNC1(c2ccc(-c3ccc4[nH]ccc4c3)cc2)CCN(C2CCCC2)CC1)Nc1ccc(F)c(Cl)c1. The molecule has 0 bridgehead atoms. The van der Waals surface area contributed by atoms with Crippen LogP contribution in [0.25, 0.3) is 22.0 Å². The minimum Gasteiger partial charge on any atom is -0.361 e. The van der Waals surface area contributed by atoms with E-state index in [4.69, 9.17) is 11.6 Å². The fourth-order valence-corrected chi connectivity index (χ4v) is 6.53. The van der Waals surface area contributed by atoms with Gasteiger partial charge in [-0.3, -0.25) is 10.1 Å². The second kappa shape index (κ2) is 11.1. The predicted molar refractivity (Wildman–Crippen MR) is 157 cm³/mol. The summed E-state index contributed by atoms with van der Waals surface area (Å²) in [6.07, 6.45) is 9.09. The molecule has 5 nitrogen and oxygen atoms in total. The second-order valence-electron chi connectivity index (χ2n) is 10.9. The number of carbonyl (C=O) groups excluding carboxylic acids is 1. The van der Waals surface area contributed by atoms with Gasteiger partial charge in [-0.1, -0.05) is 54.8 Å². The summed E-state index contributed by atoms with van der Waals surface area (Å²) in [5, 5.41) is 7.68. The van der Waals surface area contributed by atoms with Crippen molar-refractivity contribution in [3.05, 3.63) is 89.3 Å². The number of H-pyrrole nitrogens is 1. The summed E-state index contributed by atoms with van der Waals surface area (Å²) in [4.78, 5) is 18.8. The summed E-state index contributed by atoms with van der Waals surface area (Å²) < 4.78 is 13.5. The van der Waals surface area contributed by atoms with Crippen LogP contribution in [0.4, 0.5) is 10.1 Å². The first-order valence-corrected chi connectivity index (χ1v) is 14.3. The highest BCUT2D eigenvalue weighted by Crippen LogP contribution is 2.37. The van der Waals surface area contributed by atoms with Gasteiger partial charge in [-0.2, -0.15) is 0 Å². The number of nitrogens with one attached hydrogen (secondary N) is 3. The van der Waals surface area contributed by atoms with Gasteiger partial charge in [-0.15, -0.1) is 0 Å². The van der Waals surface area contributed by atoms with E-state index in [0.29, 0.717) is 11.7 Å². The summed E-state index contributed by atoms with van der Waals surface area (Å²) >= 11 is 5.90. The first-order valence-electron chi connectivity index (χ1n) is 13.9. The standard InChI is InChI=1S/C32H34ClFN4O/c33-28-20-26(10-11-29(28)34)37-31(39)21-36-32(14-17-38(18-15-32)27-3-1-2-4-27)25-8-5-22(6-9-25)23-7-12-30-24(19-23)13-16-35-30/h5-13,16,19-20,27,35-36H,1-4,14-15,17-18,21H2,(H,37,39). The molecule has 1 aliphatic heterocycles. The molecule has 6 rings (SSSR count). The van der Waals surface area contributed by atoms with Gasteiger partial charge in [-0.05, 0) is 84.2 Å². The maximum Gasteiger partial charge on any atom is 0.238 e. The van der Waals surface area contributed by atoms with Crippen LogP contribution < -0.4 is 10.6 Å². The lowest BCUT2D eigenvalue weighted by molar-refractivity contribution is -0.116. The molecule has 1 aliphatic carbocycles. The molecular weight excluding hydrogens is 511 g/mol. The molecule has 3 aromatic carbocycles. The molecule has 4 aromatic rings. The highest BCUT2D eigenvalue weighted by atomic mass is 35.5. The van der Waals surface area contributed by atoms with E-state index >= 15 is 0 Å². The van der Waals surface area contributed by atoms with Gasteiger partial charge in [0.2, 0.25) is 5.91 Å². The van der Waals surface area contributed by atoms with Crippen LogP contribution in [0.3, 0.4) is 0 Å². The molecule has 1 saturated carbocycles. The molecule has 3 N–H and O–H groups in total. The molecule has 2 fully saturated rings. The summed E-state index contributed by atoms with van der Waals surface area (Å²) in [7, 11) is 0. The third-order valence-corrected chi connectivity index (χ3v) is 8.90. The summed E-state index contributed by atoms with van der Waals surface area (Å²) in [6.45, 7) is 2.18. The number of nitrogens with zero attached hydrogens (tertiary/aromatic N) is 1. The highest BCUT2D eigenvalue weighted by Gasteiger charge is 2.38. The van der Waals surface area contributed by atoms with E-state index in [1.165, 1.54) is 66.0 Å². The lowest BCUT2D eigenvalue weighted by Crippen LogP contribution is -2.54. The zero-order valence-electron chi connectivity index (χ0n) is 22.0. The first kappa shape index (κ1) is 26.1. The van der Waals surface area contributed by atoms with E-state index < -0.39 is 5.82 Å². The molecule has 0 radical (unpaired) electrons. The predicted octanol–water partition coefficient (Wildman–Crippen LogP) is 7.09. The molecule has 2 aliphatic rings. The van der Waals surface area contributed by atoms with Gasteiger partial charge in [0.1, 0.15) is 5.82 Å². The van der Waals surface area contributed by atoms with Gasteiger partial charge in [0, 0.05) is 42.1 Å². The van der Waals surface area contributed by atoms with Crippen molar-refractivity contribution in [2.24, 2.45) is 0 Å². The smallest absolute Gasteiger partial charge is 0.238 e. The molecule has 1 amide bonds. The lowest BCUT2D eigenvalue weighted by atomic mass is 9.79. The molecule has 1 aromatic heterocycles. The minimum atomic E-state index is -0.503. The van der Waals surface area contributed by atoms with Crippen molar-refractivity contribution in [1.29, 1.82) is 0 Å². The Kier molecular flexibility index (Phi) is 7.43. The van der Waals surface area contributed by atoms with E-state index in [9.17, 15) is 9.18 Å². The van der Waals surface area contributed by atoms with Crippen LogP contribution in [0.5, 0.6) is 0 Å². The normalized spacial score (nSPS) is 18.0. The number of aromatic nitrogens is 1. The summed E-state index contributed by atoms with van der Waals surface area (Å²) in [5.41, 5.74) is 4.89. The lowest BCUT2D eigenvalue weighted by Gasteiger charge is -2.45. The molecule has 0 atom stereocenters. The van der Waals surface area contributed by atoms with Crippen LogP contribution in [0.15, 0.2) is 72.9 Å². The highest BCUT2D eigenvalue weighted by molar-refractivity contribution is 6.31. The van der Waals surface area contributed by atoms with E-state index in [1.54, 1.807) is 0 Å². The third kappa shape index (κ3) is 5.60. The van der Waals surface area contributed by atoms with Gasteiger partial charge >= 0.3 is 0 Å². The second-order valence-corrected chi connectivity index (χ2v) is 11.4. The number of carbonyl (C=O) groups is 1. The Bertz CT molecular complexity index is 1450. The number of fused-ring (bicyclic) bond motifs is 1. The number of aromatic amines is 1. The van der Waals surface area contributed by atoms with Crippen molar-refractivity contribution in [3.63, 3.8) is 0 Å². The molecule has 39 heavy (non-hydrogen) atoms. The Hall–Kier alpha value is -3.19. The van der Waals surface area contributed by atoms with Crippen LogP contribution in [-0.2, 0) is 10.3 Å². The number of anilines is 1. The van der Waals surface area contributed by atoms with Crippen molar-refractivity contribution in [2.45, 2.75) is 50.1 Å². The molecule has 2 heterocycles. The number of hydrogen-bond acceptors (Lipinski definition) is 3. The van der Waals surface area contributed by atoms with Crippen LogP contribution in [0, 0.1) is 5.82 Å². The molecule has 0 spiro atoms. The fourth-order valence-electron chi connectivity index (χ4n) is 6.35. The van der Waals surface area contributed by atoms with Crippen LogP contribution >= 0.6 is 11.6 Å². The maximum absolute atomic E-state index is 13.5. The number of amides is 1. The van der Waals surface area contributed by atoms with Gasteiger partial charge in [0.25, 0.3) is 0 Å². The number of likely N-dealkylation sites (tertiary alicyclic amines) is 1. The summed E-state index contributed by atoms with van der Waals surface area (Å²) in [6, 6.07) is 22.3. The number of benzene rings is 3. The van der Waals surface area contributed by atoms with Gasteiger partial charge in [0.05, 0.1) is 11.6 Å². The van der Waals surface area contributed by atoms with E-state index in [0.717, 1.165) is 31.4 Å². The fraction of sp³-hybridized carbons (Fsp3) is 0.344. The average molecular weight is 545 g/mol. The number of piperidine rings is 1. The molecule has 7 heteroatoms. The first-order chi connectivity index (χ1) is 19.0. The average Bonchev–Trinajstić information content (AvgIpc) is 3.67. The monoisotopic (exact) mass is 544 g/mol. The third-order valence-electron chi connectivity index (χ3n) is 8.61. The number of halogens is 2. The van der Waals surface area contributed by atoms with Crippen LogP contribution in [-0.4, -0.2) is 41.5 Å². The minimum absolute atomic E-state index is 0.00717. The van der Waals surface area contributed by atoms with Crippen LogP contribution in [0.1, 0.15) is 44.1 Å². The van der Waals surface area contributed by atoms with Gasteiger partial charge < -0.3 is 15.2 Å². The zero-order valence-corrected chi connectivity index (χ0v) is 22.7. The topological polar surface area (TPSA) is 60.2 Å². The number of hydrogen-bond donors (Lipinski definition) is 3. The van der Waals surface area contributed by atoms with Crippen molar-refractivity contribution in [1.82, 2.24) is 15.2 Å². The van der Waals surface area contributed by atoms with E-state index in [1.807, 2.05) is 6.20 Å². The molecule has 0 unspecified atom stereocenters. The van der Waals surface area contributed by atoms with E-state index in [-0.39, 0.29) is 23.0 Å².